The van der Waals surface area contributed by atoms with Crippen LogP contribution in [0.3, 0.4) is 0 Å². The summed E-state index contributed by atoms with van der Waals surface area (Å²) in [6.45, 7) is 17.6. The highest BCUT2D eigenvalue weighted by atomic mass is 16.5. The van der Waals surface area contributed by atoms with Crippen LogP contribution in [0.4, 0.5) is 0 Å². The van der Waals surface area contributed by atoms with Crippen molar-refractivity contribution in [1.29, 1.82) is 0 Å². The van der Waals surface area contributed by atoms with Crippen molar-refractivity contribution in [3.05, 3.63) is 0 Å². The van der Waals surface area contributed by atoms with Crippen LogP contribution in [0.25, 0.3) is 0 Å². The molecule has 0 heterocycles. The average Bonchev–Trinajstić information content (AvgIpc) is 2.75. The summed E-state index contributed by atoms with van der Waals surface area (Å²) in [6.07, 6.45) is 26.0. The van der Waals surface area contributed by atoms with Crippen LogP contribution in [0.15, 0.2) is 0 Å². The van der Waals surface area contributed by atoms with Crippen molar-refractivity contribution in [2.75, 3.05) is 6.61 Å². The van der Waals surface area contributed by atoms with E-state index in [0.717, 1.165) is 24.4 Å². The average molecular weight is 453 g/mol. The van der Waals surface area contributed by atoms with Crippen LogP contribution in [0.5, 0.6) is 0 Å². The maximum absolute atomic E-state index is 6.59. The molecule has 0 spiro atoms. The third kappa shape index (κ3) is 20.6. The fraction of sp³-hybridized carbons (Fsp3) is 1.00. The van der Waals surface area contributed by atoms with E-state index in [0.29, 0.717) is 0 Å². The molecule has 0 aromatic rings. The van der Waals surface area contributed by atoms with Crippen molar-refractivity contribution in [1.82, 2.24) is 0 Å². The minimum atomic E-state index is 0.0976. The SMILES string of the molecule is CCCCCCCCCCCCOC(C)(CCCC(C)CCCC(C)C)CCC(C)CC. The Hall–Kier alpha value is -0.0400. The molecule has 1 nitrogen and oxygen atoms in total. The Bertz CT molecular complexity index is 377. The molecule has 0 saturated heterocycles. The summed E-state index contributed by atoms with van der Waals surface area (Å²) in [5.74, 6) is 2.55. The second kappa shape index (κ2) is 21.5. The Morgan fingerprint density at radius 2 is 1.12 bits per heavy atom. The second-order valence-electron chi connectivity index (χ2n) is 11.9. The molecule has 0 fully saturated rings. The van der Waals surface area contributed by atoms with Gasteiger partial charge in [0, 0.05) is 6.61 Å². The highest BCUT2D eigenvalue weighted by molar-refractivity contribution is 4.77. The van der Waals surface area contributed by atoms with Gasteiger partial charge in [-0.1, -0.05) is 138 Å². The highest BCUT2D eigenvalue weighted by Gasteiger charge is 2.25. The van der Waals surface area contributed by atoms with Crippen LogP contribution in [0.2, 0.25) is 0 Å². The Morgan fingerprint density at radius 1 is 0.562 bits per heavy atom. The second-order valence-corrected chi connectivity index (χ2v) is 11.9. The van der Waals surface area contributed by atoms with Crippen LogP contribution < -0.4 is 0 Å². The monoisotopic (exact) mass is 452 g/mol. The minimum Gasteiger partial charge on any atom is -0.375 e. The molecular weight excluding hydrogens is 388 g/mol. The Balaban J connectivity index is 4.09. The largest absolute Gasteiger partial charge is 0.375 e. The zero-order valence-corrected chi connectivity index (χ0v) is 23.8. The molecule has 194 valence electrons. The molecule has 1 heteroatoms. The minimum absolute atomic E-state index is 0.0976. The van der Waals surface area contributed by atoms with E-state index in [1.807, 2.05) is 0 Å². The Labute approximate surface area is 205 Å². The van der Waals surface area contributed by atoms with Gasteiger partial charge < -0.3 is 4.74 Å². The van der Waals surface area contributed by atoms with Crippen molar-refractivity contribution in [3.8, 4) is 0 Å². The van der Waals surface area contributed by atoms with E-state index in [-0.39, 0.29) is 5.60 Å². The lowest BCUT2D eigenvalue weighted by atomic mass is 9.87. The van der Waals surface area contributed by atoms with Crippen molar-refractivity contribution in [3.63, 3.8) is 0 Å². The smallest absolute Gasteiger partial charge is 0.0654 e. The summed E-state index contributed by atoms with van der Waals surface area (Å²) >= 11 is 0. The molecular formula is C31H64O. The van der Waals surface area contributed by atoms with Gasteiger partial charge in [0.25, 0.3) is 0 Å². The molecule has 0 aromatic heterocycles. The standard InChI is InChI=1S/C31H64O/c1-8-10-11-12-13-14-15-16-17-18-27-32-31(7,26-24-29(5)9-2)25-20-23-30(6)22-19-21-28(3)4/h28-30H,8-27H2,1-7H3. The van der Waals surface area contributed by atoms with Crippen molar-refractivity contribution >= 4 is 0 Å². The van der Waals surface area contributed by atoms with E-state index in [4.69, 9.17) is 4.74 Å². The first-order chi connectivity index (χ1) is 15.3. The van der Waals surface area contributed by atoms with Gasteiger partial charge in [-0.05, 0) is 50.4 Å². The molecule has 0 saturated carbocycles. The topological polar surface area (TPSA) is 9.23 Å². The van der Waals surface area contributed by atoms with Gasteiger partial charge in [-0.3, -0.25) is 0 Å². The fourth-order valence-corrected chi connectivity index (χ4v) is 4.78. The van der Waals surface area contributed by atoms with Gasteiger partial charge in [-0.25, -0.2) is 0 Å². The summed E-state index contributed by atoms with van der Waals surface area (Å²) in [5.41, 5.74) is 0.0976. The van der Waals surface area contributed by atoms with E-state index in [1.165, 1.54) is 122 Å². The van der Waals surface area contributed by atoms with Gasteiger partial charge in [0.1, 0.15) is 0 Å². The van der Waals surface area contributed by atoms with Gasteiger partial charge in [0.2, 0.25) is 0 Å². The number of hydrogen-bond donors (Lipinski definition) is 0. The van der Waals surface area contributed by atoms with E-state index in [1.54, 1.807) is 0 Å². The van der Waals surface area contributed by atoms with Gasteiger partial charge in [-0.15, -0.1) is 0 Å². The summed E-state index contributed by atoms with van der Waals surface area (Å²) in [6, 6.07) is 0. The van der Waals surface area contributed by atoms with E-state index < -0.39 is 0 Å². The molecule has 0 bridgehead atoms. The number of hydrogen-bond acceptors (Lipinski definition) is 1. The fourth-order valence-electron chi connectivity index (χ4n) is 4.78. The number of unbranched alkanes of at least 4 members (excludes halogenated alkanes) is 9. The Kier molecular flexibility index (Phi) is 21.5. The molecule has 3 unspecified atom stereocenters. The van der Waals surface area contributed by atoms with E-state index in [9.17, 15) is 0 Å². The molecule has 0 aromatic carbocycles. The van der Waals surface area contributed by atoms with Gasteiger partial charge in [-0.2, -0.15) is 0 Å². The first-order valence-electron chi connectivity index (χ1n) is 15.0. The van der Waals surface area contributed by atoms with Crippen LogP contribution in [0, 0.1) is 17.8 Å². The van der Waals surface area contributed by atoms with Gasteiger partial charge in [0.15, 0.2) is 0 Å². The van der Waals surface area contributed by atoms with E-state index >= 15 is 0 Å². The molecule has 0 aliphatic heterocycles. The predicted molar refractivity (Wildman–Crippen MR) is 147 cm³/mol. The molecule has 0 N–H and O–H groups in total. The van der Waals surface area contributed by atoms with Crippen molar-refractivity contribution in [2.24, 2.45) is 17.8 Å². The third-order valence-electron chi connectivity index (χ3n) is 7.69. The zero-order valence-electron chi connectivity index (χ0n) is 23.8. The van der Waals surface area contributed by atoms with E-state index in [2.05, 4.69) is 48.5 Å². The predicted octanol–water partition coefficient (Wildman–Crippen LogP) is 11.1. The van der Waals surface area contributed by atoms with Gasteiger partial charge in [0.05, 0.1) is 5.60 Å². The van der Waals surface area contributed by atoms with Crippen LogP contribution in [0.1, 0.15) is 170 Å². The molecule has 0 aliphatic carbocycles. The van der Waals surface area contributed by atoms with Gasteiger partial charge >= 0.3 is 0 Å². The molecule has 0 radical (unpaired) electrons. The number of ether oxygens (including phenoxy) is 1. The molecule has 32 heavy (non-hydrogen) atoms. The first kappa shape index (κ1) is 32.0. The maximum Gasteiger partial charge on any atom is 0.0654 e. The first-order valence-corrected chi connectivity index (χ1v) is 15.0. The molecule has 0 aliphatic rings. The van der Waals surface area contributed by atoms with Crippen LogP contribution in [-0.4, -0.2) is 12.2 Å². The lowest BCUT2D eigenvalue weighted by Crippen LogP contribution is -2.30. The quantitative estimate of drug-likeness (QED) is 0.132. The number of rotatable bonds is 24. The lowest BCUT2D eigenvalue weighted by molar-refractivity contribution is -0.0505. The van der Waals surface area contributed by atoms with Crippen molar-refractivity contribution in [2.45, 2.75) is 176 Å². The third-order valence-corrected chi connectivity index (χ3v) is 7.69. The summed E-state index contributed by atoms with van der Waals surface area (Å²) in [5, 5.41) is 0. The zero-order chi connectivity index (χ0) is 24.1. The molecule has 0 amide bonds. The Morgan fingerprint density at radius 3 is 1.69 bits per heavy atom. The van der Waals surface area contributed by atoms with Crippen molar-refractivity contribution < 1.29 is 4.74 Å². The van der Waals surface area contributed by atoms with Crippen LogP contribution >= 0.6 is 0 Å². The highest BCUT2D eigenvalue weighted by Crippen LogP contribution is 2.29. The summed E-state index contributed by atoms with van der Waals surface area (Å²) in [7, 11) is 0. The summed E-state index contributed by atoms with van der Waals surface area (Å²) in [4.78, 5) is 0. The normalized spacial score (nSPS) is 15.8. The summed E-state index contributed by atoms with van der Waals surface area (Å²) < 4.78 is 6.59. The maximum atomic E-state index is 6.59. The lowest BCUT2D eigenvalue weighted by Gasteiger charge is -2.32. The molecule has 0 rings (SSSR count). The van der Waals surface area contributed by atoms with Crippen LogP contribution in [-0.2, 0) is 4.74 Å². The molecule has 3 atom stereocenters.